The number of ether oxygens (including phenoxy) is 1. The van der Waals surface area contributed by atoms with Gasteiger partial charge in [0.15, 0.2) is 5.65 Å². The van der Waals surface area contributed by atoms with Crippen molar-refractivity contribution in [3.8, 4) is 6.01 Å². The van der Waals surface area contributed by atoms with Gasteiger partial charge in [0.25, 0.3) is 0 Å². The zero-order valence-corrected chi connectivity index (χ0v) is 12.3. The zero-order chi connectivity index (χ0) is 14.1. The molecule has 1 aliphatic rings. The van der Waals surface area contributed by atoms with E-state index in [1.165, 1.54) is 0 Å². The summed E-state index contributed by atoms with van der Waals surface area (Å²) in [5.41, 5.74) is 1.97. The van der Waals surface area contributed by atoms with Gasteiger partial charge in [0.1, 0.15) is 12.4 Å². The maximum Gasteiger partial charge on any atom is 0.320 e. The minimum absolute atomic E-state index is 0.221. The van der Waals surface area contributed by atoms with Crippen LogP contribution in [0.3, 0.4) is 0 Å². The molecule has 3 heterocycles. The summed E-state index contributed by atoms with van der Waals surface area (Å²) >= 11 is 0. The first kappa shape index (κ1) is 13.3. The number of piperidine rings is 1. The number of aromatic nitrogens is 4. The molecule has 6 nitrogen and oxygen atoms in total. The molecule has 0 aromatic carbocycles. The van der Waals surface area contributed by atoms with E-state index >= 15 is 0 Å². The summed E-state index contributed by atoms with van der Waals surface area (Å²) in [5.74, 6) is 0.388. The van der Waals surface area contributed by atoms with E-state index in [2.05, 4.69) is 40.9 Å². The molecule has 0 bridgehead atoms. The van der Waals surface area contributed by atoms with Crippen LogP contribution in [0.25, 0.3) is 5.65 Å². The summed E-state index contributed by atoms with van der Waals surface area (Å²) in [7, 11) is 2.14. The van der Waals surface area contributed by atoms with E-state index < -0.39 is 0 Å². The molecule has 0 amide bonds. The molecule has 1 saturated heterocycles. The molecule has 3 rings (SSSR count). The molecule has 0 N–H and O–H groups in total. The van der Waals surface area contributed by atoms with Gasteiger partial charge in [-0.2, -0.15) is 15.1 Å². The van der Waals surface area contributed by atoms with Gasteiger partial charge in [0.05, 0.1) is 6.20 Å². The Morgan fingerprint density at radius 2 is 2.05 bits per heavy atom. The molecule has 0 aliphatic carbocycles. The summed E-state index contributed by atoms with van der Waals surface area (Å²) in [5, 5.41) is 4.27. The lowest BCUT2D eigenvalue weighted by Crippen LogP contribution is -2.36. The van der Waals surface area contributed by atoms with Crippen LogP contribution in [0.5, 0.6) is 6.01 Å². The van der Waals surface area contributed by atoms with Crippen molar-refractivity contribution in [1.82, 2.24) is 24.5 Å². The van der Waals surface area contributed by atoms with Crippen molar-refractivity contribution in [2.75, 3.05) is 20.1 Å². The van der Waals surface area contributed by atoms with Crippen molar-refractivity contribution in [3.63, 3.8) is 0 Å². The predicted octanol–water partition coefficient (Wildman–Crippen LogP) is 1.72. The summed E-state index contributed by atoms with van der Waals surface area (Å²) < 4.78 is 7.63. The van der Waals surface area contributed by atoms with Crippen molar-refractivity contribution < 1.29 is 4.74 Å². The summed E-state index contributed by atoms with van der Waals surface area (Å²) in [4.78, 5) is 11.1. The second-order valence-electron chi connectivity index (χ2n) is 5.78. The van der Waals surface area contributed by atoms with Crippen molar-refractivity contribution in [1.29, 1.82) is 0 Å². The average molecular weight is 275 g/mol. The van der Waals surface area contributed by atoms with Crippen LogP contribution in [0.1, 0.15) is 38.2 Å². The summed E-state index contributed by atoms with van der Waals surface area (Å²) in [6.07, 6.45) is 5.81. The molecule has 2 aromatic heterocycles. The lowest BCUT2D eigenvalue weighted by Gasteiger charge is -2.28. The van der Waals surface area contributed by atoms with Gasteiger partial charge in [-0.15, -0.1) is 0 Å². The number of nitrogens with zero attached hydrogens (tertiary/aromatic N) is 5. The quantitative estimate of drug-likeness (QED) is 0.853. The Morgan fingerprint density at radius 3 is 2.75 bits per heavy atom. The Kier molecular flexibility index (Phi) is 3.56. The van der Waals surface area contributed by atoms with Gasteiger partial charge in [-0.1, -0.05) is 13.8 Å². The molecular weight excluding hydrogens is 254 g/mol. The fourth-order valence-electron chi connectivity index (χ4n) is 2.51. The Morgan fingerprint density at radius 1 is 1.30 bits per heavy atom. The average Bonchev–Trinajstić information content (AvgIpc) is 2.84. The van der Waals surface area contributed by atoms with Crippen molar-refractivity contribution in [2.45, 2.75) is 38.7 Å². The lowest BCUT2D eigenvalue weighted by molar-refractivity contribution is 0.105. The molecule has 20 heavy (non-hydrogen) atoms. The van der Waals surface area contributed by atoms with Crippen molar-refractivity contribution >= 4 is 5.65 Å². The Labute approximate surface area is 118 Å². The number of hydrogen-bond donors (Lipinski definition) is 0. The molecule has 108 valence electrons. The van der Waals surface area contributed by atoms with Gasteiger partial charge in [-0.3, -0.25) is 0 Å². The Balaban J connectivity index is 1.80. The molecule has 0 saturated carbocycles. The van der Waals surface area contributed by atoms with E-state index in [4.69, 9.17) is 4.74 Å². The van der Waals surface area contributed by atoms with Crippen LogP contribution in [0.15, 0.2) is 12.5 Å². The fourth-order valence-corrected chi connectivity index (χ4v) is 2.51. The largest absolute Gasteiger partial charge is 0.460 e. The van der Waals surface area contributed by atoms with E-state index in [0.717, 1.165) is 37.1 Å². The maximum absolute atomic E-state index is 5.93. The second-order valence-corrected chi connectivity index (χ2v) is 5.78. The smallest absolute Gasteiger partial charge is 0.320 e. The molecule has 0 radical (unpaired) electrons. The van der Waals surface area contributed by atoms with Crippen LogP contribution < -0.4 is 4.74 Å². The number of fused-ring (bicyclic) bond motifs is 1. The van der Waals surface area contributed by atoms with Gasteiger partial charge < -0.3 is 9.64 Å². The zero-order valence-electron chi connectivity index (χ0n) is 12.3. The lowest BCUT2D eigenvalue weighted by atomic mass is 10.1. The first-order valence-electron chi connectivity index (χ1n) is 7.19. The number of hydrogen-bond acceptors (Lipinski definition) is 5. The highest BCUT2D eigenvalue weighted by molar-refractivity contribution is 5.47. The molecular formula is C14H21N5O. The number of likely N-dealkylation sites (tertiary alicyclic amines) is 1. The van der Waals surface area contributed by atoms with Crippen LogP contribution in [0.4, 0.5) is 0 Å². The van der Waals surface area contributed by atoms with E-state index in [0.29, 0.717) is 11.9 Å². The molecule has 1 aliphatic heterocycles. The first-order chi connectivity index (χ1) is 9.63. The van der Waals surface area contributed by atoms with Crippen LogP contribution in [0, 0.1) is 0 Å². The highest BCUT2D eigenvalue weighted by Gasteiger charge is 2.19. The highest BCUT2D eigenvalue weighted by atomic mass is 16.5. The molecule has 0 spiro atoms. The van der Waals surface area contributed by atoms with Crippen LogP contribution >= 0.6 is 0 Å². The number of rotatable bonds is 3. The Hall–Kier alpha value is -1.69. The standard InChI is InChI=1S/C14H21N5O/c1-10(2)12-8-16-19-9-15-14(17-13(12)19)20-11-4-6-18(3)7-5-11/h8-11H,4-7H2,1-3H3. The minimum atomic E-state index is 0.221. The third-order valence-electron chi connectivity index (χ3n) is 3.84. The minimum Gasteiger partial charge on any atom is -0.460 e. The van der Waals surface area contributed by atoms with Crippen molar-refractivity contribution in [2.24, 2.45) is 0 Å². The second kappa shape index (κ2) is 5.36. The molecule has 0 unspecified atom stereocenters. The van der Waals surface area contributed by atoms with Crippen LogP contribution in [-0.4, -0.2) is 50.7 Å². The maximum atomic E-state index is 5.93. The van der Waals surface area contributed by atoms with E-state index in [1.54, 1.807) is 10.8 Å². The van der Waals surface area contributed by atoms with Gasteiger partial charge in [0, 0.05) is 18.7 Å². The molecule has 2 aromatic rings. The van der Waals surface area contributed by atoms with Gasteiger partial charge in [0.2, 0.25) is 0 Å². The molecule has 6 heteroatoms. The first-order valence-corrected chi connectivity index (χ1v) is 7.19. The van der Waals surface area contributed by atoms with Gasteiger partial charge in [-0.05, 0) is 25.8 Å². The monoisotopic (exact) mass is 275 g/mol. The third kappa shape index (κ3) is 2.60. The fraction of sp³-hybridized carbons (Fsp3) is 0.643. The van der Waals surface area contributed by atoms with E-state index in [-0.39, 0.29) is 6.10 Å². The van der Waals surface area contributed by atoms with E-state index in [9.17, 15) is 0 Å². The Bertz CT molecular complexity index is 586. The summed E-state index contributed by atoms with van der Waals surface area (Å²) in [6, 6.07) is 0.467. The normalized spacial score (nSPS) is 18.0. The van der Waals surface area contributed by atoms with Gasteiger partial charge in [-0.25, -0.2) is 4.52 Å². The predicted molar refractivity (Wildman–Crippen MR) is 76.0 cm³/mol. The molecule has 1 fully saturated rings. The third-order valence-corrected chi connectivity index (χ3v) is 3.84. The van der Waals surface area contributed by atoms with Crippen LogP contribution in [-0.2, 0) is 0 Å². The highest BCUT2D eigenvalue weighted by Crippen LogP contribution is 2.20. The SMILES string of the molecule is CC(C)c1cnn2cnc(OC3CCN(C)CC3)nc12. The van der Waals surface area contributed by atoms with E-state index in [1.807, 2.05) is 6.20 Å². The summed E-state index contributed by atoms with van der Waals surface area (Å²) in [6.45, 7) is 6.40. The van der Waals surface area contributed by atoms with Crippen molar-refractivity contribution in [3.05, 3.63) is 18.1 Å². The molecule has 0 atom stereocenters. The topological polar surface area (TPSA) is 55.6 Å². The van der Waals surface area contributed by atoms with Gasteiger partial charge >= 0.3 is 6.01 Å². The van der Waals surface area contributed by atoms with Crippen LogP contribution in [0.2, 0.25) is 0 Å².